The van der Waals surface area contributed by atoms with Gasteiger partial charge < -0.3 is 4.74 Å². The highest BCUT2D eigenvalue weighted by molar-refractivity contribution is 5.87. The molecule has 1 saturated heterocycles. The summed E-state index contributed by atoms with van der Waals surface area (Å²) in [6, 6.07) is 0.650. The molecule has 0 radical (unpaired) electrons. The number of methoxy groups -OCH3 is 1. The van der Waals surface area contributed by atoms with Crippen molar-refractivity contribution in [1.29, 1.82) is 0 Å². The Balaban J connectivity index is 2.41. The van der Waals surface area contributed by atoms with Gasteiger partial charge in [-0.15, -0.1) is 0 Å². The first-order valence-corrected chi connectivity index (χ1v) is 5.14. The molecule has 1 aliphatic rings. The maximum absolute atomic E-state index is 11.1. The van der Waals surface area contributed by atoms with Gasteiger partial charge in [0.25, 0.3) is 0 Å². The van der Waals surface area contributed by atoms with Crippen LogP contribution >= 0.6 is 0 Å². The molecule has 14 heavy (non-hydrogen) atoms. The van der Waals surface area contributed by atoms with E-state index in [1.54, 1.807) is 6.92 Å². The number of ether oxygens (including phenoxy) is 1. The van der Waals surface area contributed by atoms with Crippen LogP contribution < -0.4 is 0 Å². The van der Waals surface area contributed by atoms with Gasteiger partial charge in [-0.1, -0.05) is 6.08 Å². The number of hydrogen-bond acceptors (Lipinski definition) is 3. The van der Waals surface area contributed by atoms with E-state index < -0.39 is 0 Å². The molecule has 0 aromatic heterocycles. The van der Waals surface area contributed by atoms with Gasteiger partial charge in [0, 0.05) is 18.2 Å². The molecule has 0 amide bonds. The Morgan fingerprint density at radius 3 is 2.86 bits per heavy atom. The molecule has 3 heteroatoms. The van der Waals surface area contributed by atoms with Gasteiger partial charge in [-0.3, -0.25) is 4.90 Å². The summed E-state index contributed by atoms with van der Waals surface area (Å²) in [6.45, 7) is 6.04. The highest BCUT2D eigenvalue weighted by Crippen LogP contribution is 2.16. The standard InChI is InChI=1S/C11H19NO2/c1-9(11(13)14-3)6-8-12-7-4-5-10(12)2/h6,10H,4-5,7-8H2,1-3H3. The van der Waals surface area contributed by atoms with Crippen LogP contribution in [0.2, 0.25) is 0 Å². The third-order valence-electron chi connectivity index (χ3n) is 2.83. The van der Waals surface area contributed by atoms with Crippen LogP contribution in [0.5, 0.6) is 0 Å². The fraction of sp³-hybridized carbons (Fsp3) is 0.727. The van der Waals surface area contributed by atoms with E-state index in [0.29, 0.717) is 11.6 Å². The number of carbonyl (C=O) groups is 1. The third-order valence-corrected chi connectivity index (χ3v) is 2.83. The summed E-state index contributed by atoms with van der Waals surface area (Å²) in [6.07, 6.45) is 4.49. The molecule has 0 aromatic carbocycles. The normalized spacial score (nSPS) is 23.9. The van der Waals surface area contributed by atoms with Crippen molar-refractivity contribution in [3.63, 3.8) is 0 Å². The van der Waals surface area contributed by atoms with E-state index >= 15 is 0 Å². The predicted molar refractivity (Wildman–Crippen MR) is 56.0 cm³/mol. The largest absolute Gasteiger partial charge is 0.466 e. The van der Waals surface area contributed by atoms with E-state index in [1.165, 1.54) is 20.0 Å². The van der Waals surface area contributed by atoms with Crippen LogP contribution in [-0.4, -0.2) is 37.1 Å². The van der Waals surface area contributed by atoms with Crippen molar-refractivity contribution in [2.75, 3.05) is 20.2 Å². The second-order valence-corrected chi connectivity index (χ2v) is 3.86. The molecule has 80 valence electrons. The molecule has 1 fully saturated rings. The second kappa shape index (κ2) is 5.15. The average Bonchev–Trinajstić information content (AvgIpc) is 2.59. The summed E-state index contributed by atoms with van der Waals surface area (Å²) in [4.78, 5) is 13.5. The molecule has 1 rings (SSSR count). The predicted octanol–water partition coefficient (Wildman–Crippen LogP) is 1.59. The molecule has 0 spiro atoms. The first-order chi connectivity index (χ1) is 6.65. The van der Waals surface area contributed by atoms with Crippen LogP contribution in [0.4, 0.5) is 0 Å². The molecule has 1 atom stereocenters. The SMILES string of the molecule is COC(=O)C(C)=CCN1CCCC1C. The summed E-state index contributed by atoms with van der Waals surface area (Å²) in [5.74, 6) is -0.225. The summed E-state index contributed by atoms with van der Waals surface area (Å²) < 4.78 is 4.63. The van der Waals surface area contributed by atoms with Gasteiger partial charge >= 0.3 is 5.97 Å². The first kappa shape index (κ1) is 11.2. The summed E-state index contributed by atoms with van der Waals surface area (Å²) in [5, 5.41) is 0. The molecule has 1 aliphatic heterocycles. The molecular formula is C11H19NO2. The minimum atomic E-state index is -0.225. The molecule has 0 N–H and O–H groups in total. The molecule has 1 heterocycles. The van der Waals surface area contributed by atoms with E-state index in [9.17, 15) is 4.79 Å². The Morgan fingerprint density at radius 1 is 1.64 bits per heavy atom. The van der Waals surface area contributed by atoms with E-state index in [4.69, 9.17) is 0 Å². The van der Waals surface area contributed by atoms with E-state index in [1.807, 2.05) is 6.08 Å². The molecule has 0 aromatic rings. The number of esters is 1. The molecule has 0 saturated carbocycles. The van der Waals surface area contributed by atoms with Crippen molar-refractivity contribution >= 4 is 5.97 Å². The monoisotopic (exact) mass is 197 g/mol. The number of rotatable bonds is 3. The van der Waals surface area contributed by atoms with Crippen molar-refractivity contribution in [2.45, 2.75) is 32.7 Å². The summed E-state index contributed by atoms with van der Waals surface area (Å²) in [7, 11) is 1.41. The minimum Gasteiger partial charge on any atom is -0.466 e. The highest BCUT2D eigenvalue weighted by Gasteiger charge is 2.18. The van der Waals surface area contributed by atoms with Gasteiger partial charge in [-0.05, 0) is 33.2 Å². The lowest BCUT2D eigenvalue weighted by molar-refractivity contribution is -0.136. The summed E-state index contributed by atoms with van der Waals surface area (Å²) >= 11 is 0. The molecule has 0 bridgehead atoms. The van der Waals surface area contributed by atoms with Crippen LogP contribution in [0, 0.1) is 0 Å². The lowest BCUT2D eigenvalue weighted by atomic mass is 10.2. The molecule has 1 unspecified atom stereocenters. The number of likely N-dealkylation sites (tertiary alicyclic amines) is 1. The Labute approximate surface area is 85.7 Å². The van der Waals surface area contributed by atoms with Crippen molar-refractivity contribution in [3.05, 3.63) is 11.6 Å². The molecular weight excluding hydrogens is 178 g/mol. The maximum Gasteiger partial charge on any atom is 0.333 e. The van der Waals surface area contributed by atoms with E-state index in [-0.39, 0.29) is 5.97 Å². The van der Waals surface area contributed by atoms with Crippen molar-refractivity contribution < 1.29 is 9.53 Å². The zero-order valence-electron chi connectivity index (χ0n) is 9.25. The van der Waals surface area contributed by atoms with Gasteiger partial charge in [-0.25, -0.2) is 4.79 Å². The van der Waals surface area contributed by atoms with Crippen LogP contribution in [0.15, 0.2) is 11.6 Å². The van der Waals surface area contributed by atoms with Crippen molar-refractivity contribution in [2.24, 2.45) is 0 Å². The molecule has 3 nitrogen and oxygen atoms in total. The van der Waals surface area contributed by atoms with Gasteiger partial charge in [0.1, 0.15) is 0 Å². The lowest BCUT2D eigenvalue weighted by Crippen LogP contribution is -2.27. The number of nitrogens with zero attached hydrogens (tertiary/aromatic N) is 1. The fourth-order valence-electron chi connectivity index (χ4n) is 1.76. The van der Waals surface area contributed by atoms with Gasteiger partial charge in [0.15, 0.2) is 0 Å². The Morgan fingerprint density at radius 2 is 2.36 bits per heavy atom. The third kappa shape index (κ3) is 2.84. The topological polar surface area (TPSA) is 29.5 Å². The van der Waals surface area contributed by atoms with Crippen LogP contribution in [-0.2, 0) is 9.53 Å². The zero-order chi connectivity index (χ0) is 10.6. The van der Waals surface area contributed by atoms with Crippen molar-refractivity contribution in [3.8, 4) is 0 Å². The maximum atomic E-state index is 11.1. The number of carbonyl (C=O) groups excluding carboxylic acids is 1. The minimum absolute atomic E-state index is 0.225. The Kier molecular flexibility index (Phi) is 4.14. The van der Waals surface area contributed by atoms with Gasteiger partial charge in [-0.2, -0.15) is 0 Å². The second-order valence-electron chi connectivity index (χ2n) is 3.86. The van der Waals surface area contributed by atoms with E-state index in [0.717, 1.165) is 13.1 Å². The summed E-state index contributed by atoms with van der Waals surface area (Å²) in [5.41, 5.74) is 0.701. The van der Waals surface area contributed by atoms with Crippen molar-refractivity contribution in [1.82, 2.24) is 4.90 Å². The number of hydrogen-bond donors (Lipinski definition) is 0. The van der Waals surface area contributed by atoms with Crippen LogP contribution in [0.25, 0.3) is 0 Å². The van der Waals surface area contributed by atoms with Gasteiger partial charge in [0.2, 0.25) is 0 Å². The van der Waals surface area contributed by atoms with E-state index in [2.05, 4.69) is 16.6 Å². The smallest absolute Gasteiger partial charge is 0.333 e. The first-order valence-electron chi connectivity index (χ1n) is 5.14. The van der Waals surface area contributed by atoms with Gasteiger partial charge in [0.05, 0.1) is 7.11 Å². The van der Waals surface area contributed by atoms with Crippen LogP contribution in [0.3, 0.4) is 0 Å². The Bertz CT molecular complexity index is 235. The van der Waals surface area contributed by atoms with Crippen LogP contribution in [0.1, 0.15) is 26.7 Å². The highest BCUT2D eigenvalue weighted by atomic mass is 16.5. The zero-order valence-corrected chi connectivity index (χ0v) is 9.25. The molecule has 0 aliphatic carbocycles. The fourth-order valence-corrected chi connectivity index (χ4v) is 1.76. The quantitative estimate of drug-likeness (QED) is 0.508. The lowest BCUT2D eigenvalue weighted by Gasteiger charge is -2.18. The average molecular weight is 197 g/mol. The Hall–Kier alpha value is -0.830.